The van der Waals surface area contributed by atoms with Gasteiger partial charge in [-0.2, -0.15) is 9.61 Å². The Morgan fingerprint density at radius 3 is 2.15 bits per heavy atom. The van der Waals surface area contributed by atoms with E-state index >= 15 is 0 Å². The lowest BCUT2D eigenvalue weighted by molar-refractivity contribution is 0.895. The number of aromatic nitrogens is 3. The Morgan fingerprint density at radius 2 is 1.45 bits per heavy atom. The molecule has 3 aromatic carbocycles. The molecule has 0 bridgehead atoms. The first-order chi connectivity index (χ1) is 16.0. The molecule has 0 aliphatic carbocycles. The van der Waals surface area contributed by atoms with Crippen molar-refractivity contribution in [1.82, 2.24) is 14.6 Å². The van der Waals surface area contributed by atoms with Crippen LogP contribution in [0, 0.1) is 27.7 Å². The van der Waals surface area contributed by atoms with Gasteiger partial charge in [0.1, 0.15) is 5.82 Å². The first-order valence-electron chi connectivity index (χ1n) is 11.3. The van der Waals surface area contributed by atoms with Crippen LogP contribution in [-0.2, 0) is 6.42 Å². The van der Waals surface area contributed by atoms with Gasteiger partial charge in [-0.25, -0.2) is 4.98 Å². The molecule has 164 valence electrons. The number of aryl methyl sites for hydroxylation is 4. The summed E-state index contributed by atoms with van der Waals surface area (Å²) in [5, 5.41) is 8.66. The fourth-order valence-electron chi connectivity index (χ4n) is 4.34. The van der Waals surface area contributed by atoms with Crippen molar-refractivity contribution in [3.05, 3.63) is 113 Å². The summed E-state index contributed by atoms with van der Waals surface area (Å²) in [5.74, 6) is 0.967. The largest absolute Gasteiger partial charge is 0.340 e. The Balaban J connectivity index is 1.73. The van der Waals surface area contributed by atoms with E-state index in [1.54, 1.807) is 0 Å². The predicted octanol–water partition coefficient (Wildman–Crippen LogP) is 6.96. The van der Waals surface area contributed by atoms with Crippen LogP contribution in [0.2, 0.25) is 0 Å². The first-order valence-corrected chi connectivity index (χ1v) is 11.3. The monoisotopic (exact) mass is 432 g/mol. The van der Waals surface area contributed by atoms with Crippen LogP contribution >= 0.6 is 0 Å². The predicted molar refractivity (Wildman–Crippen MR) is 136 cm³/mol. The molecule has 0 aliphatic heterocycles. The number of benzene rings is 3. The number of hydrogen-bond donors (Lipinski definition) is 1. The van der Waals surface area contributed by atoms with Gasteiger partial charge in [0.15, 0.2) is 5.65 Å². The minimum atomic E-state index is 0.780. The molecule has 0 atom stereocenters. The highest BCUT2D eigenvalue weighted by molar-refractivity contribution is 5.82. The maximum Gasteiger partial charge on any atom is 0.165 e. The molecule has 0 fully saturated rings. The summed E-state index contributed by atoms with van der Waals surface area (Å²) in [5.41, 5.74) is 11.0. The van der Waals surface area contributed by atoms with E-state index < -0.39 is 0 Å². The molecule has 5 aromatic rings. The number of anilines is 2. The Bertz CT molecular complexity index is 1430. The van der Waals surface area contributed by atoms with Crippen molar-refractivity contribution in [2.24, 2.45) is 0 Å². The van der Waals surface area contributed by atoms with Crippen molar-refractivity contribution in [3.63, 3.8) is 0 Å². The van der Waals surface area contributed by atoms with Crippen LogP contribution in [0.1, 0.15) is 33.6 Å². The lowest BCUT2D eigenvalue weighted by Gasteiger charge is -2.17. The van der Waals surface area contributed by atoms with Gasteiger partial charge in [-0.15, -0.1) is 0 Å². The second kappa shape index (κ2) is 8.55. The van der Waals surface area contributed by atoms with Crippen LogP contribution in [0.5, 0.6) is 0 Å². The van der Waals surface area contributed by atoms with Crippen molar-refractivity contribution in [3.8, 4) is 11.1 Å². The molecule has 2 aromatic heterocycles. The highest BCUT2D eigenvalue weighted by atomic mass is 15.3. The van der Waals surface area contributed by atoms with E-state index in [0.717, 1.165) is 51.7 Å². The van der Waals surface area contributed by atoms with E-state index in [1.165, 1.54) is 16.7 Å². The molecule has 0 saturated carbocycles. The van der Waals surface area contributed by atoms with Crippen molar-refractivity contribution < 1.29 is 0 Å². The van der Waals surface area contributed by atoms with Gasteiger partial charge in [-0.1, -0.05) is 66.7 Å². The topological polar surface area (TPSA) is 42.2 Å². The highest BCUT2D eigenvalue weighted by Gasteiger charge is 2.20. The number of fused-ring (bicyclic) bond motifs is 1. The van der Waals surface area contributed by atoms with E-state index in [0.29, 0.717) is 0 Å². The molecule has 0 aliphatic rings. The summed E-state index contributed by atoms with van der Waals surface area (Å²) < 4.78 is 1.98. The summed E-state index contributed by atoms with van der Waals surface area (Å²) >= 11 is 0. The van der Waals surface area contributed by atoms with Gasteiger partial charge in [0.2, 0.25) is 0 Å². The van der Waals surface area contributed by atoms with Gasteiger partial charge in [0.25, 0.3) is 0 Å². The van der Waals surface area contributed by atoms with Gasteiger partial charge in [0.05, 0.1) is 5.69 Å². The van der Waals surface area contributed by atoms with E-state index in [2.05, 4.69) is 106 Å². The summed E-state index contributed by atoms with van der Waals surface area (Å²) in [6.07, 6.45) is 0.780. The fraction of sp³-hybridized carbons (Fsp3) is 0.172. The normalized spacial score (nSPS) is 11.2. The average molecular weight is 433 g/mol. The molecular weight excluding hydrogens is 404 g/mol. The summed E-state index contributed by atoms with van der Waals surface area (Å²) in [4.78, 5) is 5.06. The number of nitrogens with one attached hydrogen (secondary N) is 1. The minimum Gasteiger partial charge on any atom is -0.340 e. The highest BCUT2D eigenvalue weighted by Crippen LogP contribution is 2.33. The Morgan fingerprint density at radius 1 is 0.758 bits per heavy atom. The molecule has 0 amide bonds. The van der Waals surface area contributed by atoms with Crippen LogP contribution in [0.25, 0.3) is 16.8 Å². The Kier molecular flexibility index (Phi) is 5.43. The Hall–Kier alpha value is -3.92. The molecule has 0 radical (unpaired) electrons. The third-order valence-electron chi connectivity index (χ3n) is 6.30. The van der Waals surface area contributed by atoms with Crippen LogP contribution < -0.4 is 5.32 Å². The Labute approximate surface area is 195 Å². The number of hydrogen-bond acceptors (Lipinski definition) is 3. The van der Waals surface area contributed by atoms with E-state index in [-0.39, 0.29) is 0 Å². The van der Waals surface area contributed by atoms with Gasteiger partial charge in [0, 0.05) is 28.9 Å². The molecule has 0 unspecified atom stereocenters. The maximum absolute atomic E-state index is 5.06. The van der Waals surface area contributed by atoms with Gasteiger partial charge in [-0.3, -0.25) is 0 Å². The van der Waals surface area contributed by atoms with Crippen LogP contribution in [0.3, 0.4) is 0 Å². The smallest absolute Gasteiger partial charge is 0.165 e. The lowest BCUT2D eigenvalue weighted by atomic mass is 10.0. The van der Waals surface area contributed by atoms with Crippen LogP contribution in [0.15, 0.2) is 78.9 Å². The molecular formula is C29H28N4. The first kappa shape index (κ1) is 21.0. The molecule has 0 saturated heterocycles. The zero-order valence-electron chi connectivity index (χ0n) is 19.6. The molecule has 33 heavy (non-hydrogen) atoms. The fourth-order valence-corrected chi connectivity index (χ4v) is 4.34. The second-order valence-electron chi connectivity index (χ2n) is 8.67. The maximum atomic E-state index is 5.06. The van der Waals surface area contributed by atoms with Crippen molar-refractivity contribution in [2.75, 3.05) is 5.32 Å². The summed E-state index contributed by atoms with van der Waals surface area (Å²) in [6, 6.07) is 27.4. The molecule has 1 N–H and O–H groups in total. The average Bonchev–Trinajstić information content (AvgIpc) is 3.15. The number of nitrogens with zero attached hydrogens (tertiary/aromatic N) is 3. The third-order valence-corrected chi connectivity index (χ3v) is 6.30. The van der Waals surface area contributed by atoms with E-state index in [9.17, 15) is 0 Å². The third kappa shape index (κ3) is 4.00. The minimum absolute atomic E-state index is 0.780. The van der Waals surface area contributed by atoms with Crippen LogP contribution in [-0.4, -0.2) is 14.6 Å². The van der Waals surface area contributed by atoms with Crippen molar-refractivity contribution in [1.29, 1.82) is 0 Å². The summed E-state index contributed by atoms with van der Waals surface area (Å²) in [7, 11) is 0. The van der Waals surface area contributed by atoms with Gasteiger partial charge < -0.3 is 5.32 Å². The van der Waals surface area contributed by atoms with E-state index in [1.807, 2.05) is 10.6 Å². The van der Waals surface area contributed by atoms with Crippen LogP contribution in [0.4, 0.5) is 11.5 Å². The zero-order valence-corrected chi connectivity index (χ0v) is 19.6. The number of rotatable bonds is 5. The molecule has 2 heterocycles. The van der Waals surface area contributed by atoms with E-state index in [4.69, 9.17) is 10.1 Å². The quantitative estimate of drug-likeness (QED) is 0.326. The lowest BCUT2D eigenvalue weighted by Crippen LogP contribution is -2.09. The SMILES string of the molecule is Cc1ccc(Nc2c(Cc3ccccc3)c(C)nc3c(-c4ccccc4)c(C)nn23)cc1C. The van der Waals surface area contributed by atoms with Crippen molar-refractivity contribution in [2.45, 2.75) is 34.1 Å². The molecule has 4 heteroatoms. The van der Waals surface area contributed by atoms with Gasteiger partial charge in [-0.05, 0) is 62.1 Å². The van der Waals surface area contributed by atoms with Crippen molar-refractivity contribution >= 4 is 17.2 Å². The zero-order chi connectivity index (χ0) is 22.9. The second-order valence-corrected chi connectivity index (χ2v) is 8.67. The molecule has 4 nitrogen and oxygen atoms in total. The summed E-state index contributed by atoms with van der Waals surface area (Å²) in [6.45, 7) is 8.44. The standard InChI is InChI=1S/C29H28N4/c1-19-15-16-25(17-20(19)2)31-28-26(18-23-11-7-5-8-12-23)21(3)30-29-27(22(4)32-33(28)29)24-13-9-6-10-14-24/h5-17,31H,18H2,1-4H3. The van der Waals surface area contributed by atoms with Gasteiger partial charge >= 0.3 is 0 Å². The molecule has 5 rings (SSSR count). The molecule has 0 spiro atoms.